The first-order valence-electron chi connectivity index (χ1n) is 10.9. The van der Waals surface area contributed by atoms with Gasteiger partial charge >= 0.3 is 0 Å². The number of nitrogens with one attached hydrogen (secondary N) is 1. The summed E-state index contributed by atoms with van der Waals surface area (Å²) in [4.78, 5) is 12.9. The number of hydrogen-bond donors (Lipinski definition) is 3. The predicted molar refractivity (Wildman–Crippen MR) is 116 cm³/mol. The highest BCUT2D eigenvalue weighted by atomic mass is 19.1. The first-order valence-corrected chi connectivity index (χ1v) is 10.9. The van der Waals surface area contributed by atoms with Crippen LogP contribution in [0, 0.1) is 5.41 Å². The molecule has 5 nitrogen and oxygen atoms in total. The van der Waals surface area contributed by atoms with Crippen molar-refractivity contribution in [2.45, 2.75) is 69.8 Å². The molecule has 4 rings (SSSR count). The zero-order valence-electron chi connectivity index (χ0n) is 18.2. The van der Waals surface area contributed by atoms with Gasteiger partial charge in [-0.25, -0.2) is 4.39 Å². The molecular weight excluding hydrogens is 383 g/mol. The van der Waals surface area contributed by atoms with E-state index in [1.165, 1.54) is 5.56 Å². The molecule has 3 aliphatic rings. The number of fused-ring (bicyclic) bond motifs is 3. The Morgan fingerprint density at radius 2 is 1.80 bits per heavy atom. The van der Waals surface area contributed by atoms with E-state index in [-0.39, 0.29) is 29.9 Å². The molecule has 0 heterocycles. The van der Waals surface area contributed by atoms with E-state index in [4.69, 9.17) is 10.5 Å². The van der Waals surface area contributed by atoms with Gasteiger partial charge in [-0.05, 0) is 81.9 Å². The summed E-state index contributed by atoms with van der Waals surface area (Å²) >= 11 is 0. The van der Waals surface area contributed by atoms with Crippen LogP contribution in [0.2, 0.25) is 0 Å². The molecule has 0 atom stereocenters. The van der Waals surface area contributed by atoms with Crippen molar-refractivity contribution in [1.82, 2.24) is 5.32 Å². The van der Waals surface area contributed by atoms with Crippen molar-refractivity contribution in [3.8, 4) is 5.75 Å². The number of carbonyl (C=O) groups is 1. The van der Waals surface area contributed by atoms with Crippen molar-refractivity contribution in [3.05, 3.63) is 41.7 Å². The Hall–Kier alpha value is -1.92. The third-order valence-corrected chi connectivity index (χ3v) is 7.06. The van der Waals surface area contributed by atoms with Crippen LogP contribution in [0.3, 0.4) is 0 Å². The maximum atomic E-state index is 12.9. The van der Waals surface area contributed by atoms with Gasteiger partial charge in [0.1, 0.15) is 12.4 Å². The topological polar surface area (TPSA) is 84.6 Å². The molecule has 0 aromatic heterocycles. The molecule has 30 heavy (non-hydrogen) atoms. The van der Waals surface area contributed by atoms with Crippen molar-refractivity contribution >= 4 is 5.91 Å². The van der Waals surface area contributed by atoms with E-state index in [2.05, 4.69) is 17.4 Å². The second kappa shape index (κ2) is 9.06. The number of carbonyl (C=O) groups excluding carboxylic acids is 1. The predicted octanol–water partition coefficient (Wildman–Crippen LogP) is 3.75. The van der Waals surface area contributed by atoms with Crippen LogP contribution in [0.1, 0.15) is 64.4 Å². The van der Waals surface area contributed by atoms with E-state index >= 15 is 0 Å². The van der Waals surface area contributed by atoms with Crippen LogP contribution in [0.15, 0.2) is 36.2 Å². The number of amides is 1. The average Bonchev–Trinajstić information content (AvgIpc) is 2.75. The molecule has 1 aromatic carbocycles. The fraction of sp³-hybridized carbons (Fsp3) is 0.625. The van der Waals surface area contributed by atoms with Gasteiger partial charge in [0, 0.05) is 24.1 Å². The van der Waals surface area contributed by atoms with Gasteiger partial charge < -0.3 is 20.9 Å². The van der Waals surface area contributed by atoms with Gasteiger partial charge in [-0.2, -0.15) is 0 Å². The molecule has 0 spiro atoms. The van der Waals surface area contributed by atoms with Gasteiger partial charge in [-0.15, -0.1) is 0 Å². The average molecular weight is 419 g/mol. The Morgan fingerprint density at radius 3 is 2.30 bits per heavy atom. The molecule has 0 radical (unpaired) electrons. The number of nitrogens with two attached hydrogens (primary N) is 1. The Labute approximate surface area is 178 Å². The SMILES string of the molecule is CC(C)(O)CCNC(=O)C12CCC(c3ccc(OC/C(=C/F)CN)cc3)(CC1)CC2. The quantitative estimate of drug-likeness (QED) is 0.570. The summed E-state index contributed by atoms with van der Waals surface area (Å²) in [5.41, 5.74) is 6.31. The lowest BCUT2D eigenvalue weighted by Crippen LogP contribution is -2.52. The van der Waals surface area contributed by atoms with Crippen molar-refractivity contribution in [3.63, 3.8) is 0 Å². The normalized spacial score (nSPS) is 26.5. The second-order valence-corrected chi connectivity index (χ2v) is 9.66. The van der Waals surface area contributed by atoms with E-state index in [0.717, 1.165) is 38.5 Å². The third-order valence-electron chi connectivity index (χ3n) is 7.06. The summed E-state index contributed by atoms with van der Waals surface area (Å²) < 4.78 is 18.2. The molecule has 1 aromatic rings. The number of benzene rings is 1. The lowest BCUT2D eigenvalue weighted by molar-refractivity contribution is -0.138. The second-order valence-electron chi connectivity index (χ2n) is 9.66. The molecule has 3 fully saturated rings. The van der Waals surface area contributed by atoms with Crippen molar-refractivity contribution < 1.29 is 19.0 Å². The molecular formula is C24H35FN2O3. The maximum Gasteiger partial charge on any atom is 0.226 e. The van der Waals surface area contributed by atoms with Crippen LogP contribution in [0.5, 0.6) is 5.75 Å². The third kappa shape index (κ3) is 5.03. The summed E-state index contributed by atoms with van der Waals surface area (Å²) in [7, 11) is 0. The van der Waals surface area contributed by atoms with Crippen molar-refractivity contribution in [1.29, 1.82) is 0 Å². The molecule has 0 unspecified atom stereocenters. The molecule has 6 heteroatoms. The van der Waals surface area contributed by atoms with Crippen LogP contribution in [-0.2, 0) is 10.2 Å². The van der Waals surface area contributed by atoms with Gasteiger partial charge in [-0.3, -0.25) is 4.79 Å². The maximum absolute atomic E-state index is 12.9. The smallest absolute Gasteiger partial charge is 0.226 e. The molecule has 0 aliphatic heterocycles. The molecule has 166 valence electrons. The Morgan fingerprint density at radius 1 is 1.20 bits per heavy atom. The van der Waals surface area contributed by atoms with Crippen molar-refractivity contribution in [2.75, 3.05) is 19.7 Å². The van der Waals surface area contributed by atoms with Gasteiger partial charge in [0.25, 0.3) is 0 Å². The van der Waals surface area contributed by atoms with Gasteiger partial charge in [0.05, 0.1) is 11.9 Å². The van der Waals surface area contributed by atoms with E-state index in [0.29, 0.717) is 30.6 Å². The molecule has 4 N–H and O–H groups in total. The van der Waals surface area contributed by atoms with Crippen LogP contribution < -0.4 is 15.8 Å². The van der Waals surface area contributed by atoms with Gasteiger partial charge in [-0.1, -0.05) is 12.1 Å². The Balaban J connectivity index is 1.57. The first kappa shape index (κ1) is 22.8. The van der Waals surface area contributed by atoms with E-state index in [1.54, 1.807) is 13.8 Å². The zero-order valence-corrected chi connectivity index (χ0v) is 18.2. The fourth-order valence-electron chi connectivity index (χ4n) is 4.84. The standard InChI is InChI=1S/C24H35FN2O3/c1-22(2,29)13-14-27-21(28)24-10-7-23(8-11-24,9-12-24)19-3-5-20(6-4-19)30-17-18(15-25)16-26/h3-6,15,29H,7-14,16-17,26H2,1-2H3,(H,27,28)/b18-15+. The van der Waals surface area contributed by atoms with Crippen LogP contribution in [-0.4, -0.2) is 36.3 Å². The number of rotatable bonds is 9. The Bertz CT molecular complexity index is 743. The highest BCUT2D eigenvalue weighted by Gasteiger charge is 2.52. The van der Waals surface area contributed by atoms with Gasteiger partial charge in [0.15, 0.2) is 0 Å². The molecule has 0 saturated heterocycles. The summed E-state index contributed by atoms with van der Waals surface area (Å²) in [5, 5.41) is 12.9. The monoisotopic (exact) mass is 418 g/mol. The molecule has 1 amide bonds. The minimum atomic E-state index is -0.761. The minimum absolute atomic E-state index is 0.134. The van der Waals surface area contributed by atoms with Gasteiger partial charge in [0.2, 0.25) is 5.91 Å². The highest BCUT2D eigenvalue weighted by molar-refractivity contribution is 5.83. The molecule has 2 bridgehead atoms. The Kier molecular flexibility index (Phi) is 6.88. The van der Waals surface area contributed by atoms with E-state index in [9.17, 15) is 14.3 Å². The van der Waals surface area contributed by atoms with Crippen LogP contribution in [0.4, 0.5) is 4.39 Å². The van der Waals surface area contributed by atoms with E-state index in [1.807, 2.05) is 12.1 Å². The number of aliphatic hydroxyl groups is 1. The summed E-state index contributed by atoms with van der Waals surface area (Å²) in [6.45, 7) is 4.34. The first-order chi connectivity index (χ1) is 14.2. The minimum Gasteiger partial charge on any atom is -0.489 e. The lowest BCUT2D eigenvalue weighted by atomic mass is 9.51. The highest BCUT2D eigenvalue weighted by Crippen LogP contribution is 2.57. The largest absolute Gasteiger partial charge is 0.489 e. The lowest BCUT2D eigenvalue weighted by Gasteiger charge is -2.52. The number of halogens is 1. The summed E-state index contributed by atoms with van der Waals surface area (Å²) in [6.07, 6.45) is 6.80. The van der Waals surface area contributed by atoms with Crippen LogP contribution in [0.25, 0.3) is 0 Å². The van der Waals surface area contributed by atoms with Crippen molar-refractivity contribution in [2.24, 2.45) is 11.1 Å². The number of ether oxygens (including phenoxy) is 1. The number of hydrogen-bond acceptors (Lipinski definition) is 4. The zero-order chi connectivity index (χ0) is 21.8. The summed E-state index contributed by atoms with van der Waals surface area (Å²) in [5.74, 6) is 0.857. The molecule has 3 saturated carbocycles. The summed E-state index contributed by atoms with van der Waals surface area (Å²) in [6, 6.07) is 8.10. The molecule has 3 aliphatic carbocycles. The fourth-order valence-corrected chi connectivity index (χ4v) is 4.84. The van der Waals surface area contributed by atoms with E-state index < -0.39 is 5.60 Å². The van der Waals surface area contributed by atoms with Crippen LogP contribution >= 0.6 is 0 Å².